The molecule has 0 spiro atoms. The van der Waals surface area contributed by atoms with Gasteiger partial charge in [-0.25, -0.2) is 4.99 Å². The van der Waals surface area contributed by atoms with Gasteiger partial charge in [0.2, 0.25) is 0 Å². The molecular weight excluding hydrogens is 276 g/mol. The summed E-state index contributed by atoms with van der Waals surface area (Å²) in [5, 5.41) is 2.24. The molecule has 2 nitrogen and oxygen atoms in total. The molecule has 1 fully saturated rings. The Labute approximate surface area is 131 Å². The van der Waals surface area contributed by atoms with Gasteiger partial charge >= 0.3 is 0 Å². The quantitative estimate of drug-likeness (QED) is 0.724. The monoisotopic (exact) mass is 300 g/mol. The number of nitrogens with zero attached hydrogens (tertiary/aromatic N) is 2. The van der Waals surface area contributed by atoms with Crippen molar-refractivity contribution in [3.05, 3.63) is 45.2 Å². The van der Waals surface area contributed by atoms with E-state index in [9.17, 15) is 0 Å². The molecule has 0 atom stereocenters. The Hall–Kier alpha value is -1.35. The molecule has 1 aromatic carbocycles. The summed E-state index contributed by atoms with van der Waals surface area (Å²) in [6.45, 7) is 6.52. The Morgan fingerprint density at radius 3 is 2.52 bits per heavy atom. The summed E-state index contributed by atoms with van der Waals surface area (Å²) >= 11 is 1.77. The van der Waals surface area contributed by atoms with Crippen molar-refractivity contribution in [3.63, 3.8) is 0 Å². The fraction of sp³-hybridized carbons (Fsp3) is 0.500. The van der Waals surface area contributed by atoms with Gasteiger partial charge in [0.15, 0.2) is 4.80 Å². The lowest BCUT2D eigenvalue weighted by atomic mass is 9.95. The van der Waals surface area contributed by atoms with E-state index in [4.69, 9.17) is 4.99 Å². The number of hydrogen-bond acceptors (Lipinski definition) is 2. The highest BCUT2D eigenvalue weighted by atomic mass is 32.1. The molecule has 112 valence electrons. The van der Waals surface area contributed by atoms with E-state index in [2.05, 4.69) is 48.9 Å². The van der Waals surface area contributed by atoms with Crippen molar-refractivity contribution in [2.24, 2.45) is 4.99 Å². The highest BCUT2D eigenvalue weighted by molar-refractivity contribution is 7.07. The first-order chi connectivity index (χ1) is 10.1. The van der Waals surface area contributed by atoms with Crippen LogP contribution in [0.15, 0.2) is 28.6 Å². The van der Waals surface area contributed by atoms with Crippen LogP contribution in [0.3, 0.4) is 0 Å². The second-order valence-corrected chi connectivity index (χ2v) is 7.04. The molecule has 1 aromatic heterocycles. The van der Waals surface area contributed by atoms with Crippen LogP contribution in [0.2, 0.25) is 0 Å². The van der Waals surface area contributed by atoms with Crippen LogP contribution in [-0.2, 0) is 0 Å². The zero-order valence-electron chi connectivity index (χ0n) is 13.2. The highest BCUT2D eigenvalue weighted by Crippen LogP contribution is 2.28. The third-order valence-electron chi connectivity index (χ3n) is 4.58. The SMILES string of the molecule is Cc1ccc(N=c2scc(C)n2C2CCCCC2)cc1C. The van der Waals surface area contributed by atoms with E-state index >= 15 is 0 Å². The Bertz CT molecular complexity index is 687. The van der Waals surface area contributed by atoms with Crippen molar-refractivity contribution in [2.75, 3.05) is 0 Å². The van der Waals surface area contributed by atoms with Crippen molar-refractivity contribution in [1.82, 2.24) is 4.57 Å². The van der Waals surface area contributed by atoms with Gasteiger partial charge in [0, 0.05) is 17.1 Å². The molecule has 1 saturated carbocycles. The van der Waals surface area contributed by atoms with Gasteiger partial charge in [0.05, 0.1) is 5.69 Å². The molecule has 1 aliphatic carbocycles. The van der Waals surface area contributed by atoms with Crippen LogP contribution >= 0.6 is 11.3 Å². The van der Waals surface area contributed by atoms with Crippen molar-refractivity contribution in [3.8, 4) is 0 Å². The van der Waals surface area contributed by atoms with Crippen LogP contribution in [-0.4, -0.2) is 4.57 Å². The average molecular weight is 300 g/mol. The van der Waals surface area contributed by atoms with Crippen molar-refractivity contribution < 1.29 is 0 Å². The lowest BCUT2D eigenvalue weighted by Gasteiger charge is -2.24. The number of benzene rings is 1. The summed E-state index contributed by atoms with van der Waals surface area (Å²) in [5.74, 6) is 0. The summed E-state index contributed by atoms with van der Waals surface area (Å²) in [6.07, 6.45) is 6.71. The zero-order chi connectivity index (χ0) is 14.8. The molecule has 0 radical (unpaired) electrons. The minimum Gasteiger partial charge on any atom is -0.318 e. The number of aromatic nitrogens is 1. The zero-order valence-corrected chi connectivity index (χ0v) is 14.0. The van der Waals surface area contributed by atoms with Gasteiger partial charge in [0.25, 0.3) is 0 Å². The van der Waals surface area contributed by atoms with E-state index < -0.39 is 0 Å². The van der Waals surface area contributed by atoms with Gasteiger partial charge < -0.3 is 4.57 Å². The number of rotatable bonds is 2. The fourth-order valence-corrected chi connectivity index (χ4v) is 4.13. The maximum atomic E-state index is 4.92. The molecule has 0 N–H and O–H groups in total. The molecule has 3 rings (SSSR count). The minimum atomic E-state index is 0.648. The van der Waals surface area contributed by atoms with E-state index in [1.165, 1.54) is 48.9 Å². The van der Waals surface area contributed by atoms with Crippen molar-refractivity contribution >= 4 is 17.0 Å². The summed E-state index contributed by atoms with van der Waals surface area (Å²) in [5.41, 5.74) is 5.07. The Kier molecular flexibility index (Phi) is 4.29. The molecule has 1 heterocycles. The highest BCUT2D eigenvalue weighted by Gasteiger charge is 2.17. The molecule has 0 aliphatic heterocycles. The average Bonchev–Trinajstić information content (AvgIpc) is 2.85. The van der Waals surface area contributed by atoms with Gasteiger partial charge in [-0.05, 0) is 56.9 Å². The molecule has 2 aromatic rings. The smallest absolute Gasteiger partial charge is 0.190 e. The summed E-state index contributed by atoms with van der Waals surface area (Å²) < 4.78 is 2.47. The minimum absolute atomic E-state index is 0.648. The second-order valence-electron chi connectivity index (χ2n) is 6.20. The van der Waals surface area contributed by atoms with E-state index in [0.29, 0.717) is 6.04 Å². The van der Waals surface area contributed by atoms with Gasteiger partial charge in [0.1, 0.15) is 0 Å². The van der Waals surface area contributed by atoms with Gasteiger partial charge in [-0.3, -0.25) is 0 Å². The normalized spacial score (nSPS) is 17.4. The van der Waals surface area contributed by atoms with Gasteiger partial charge in [-0.1, -0.05) is 25.3 Å². The van der Waals surface area contributed by atoms with Crippen molar-refractivity contribution in [2.45, 2.75) is 58.9 Å². The first-order valence-electron chi connectivity index (χ1n) is 7.94. The van der Waals surface area contributed by atoms with Crippen LogP contribution in [0.25, 0.3) is 0 Å². The maximum Gasteiger partial charge on any atom is 0.190 e. The Balaban J connectivity index is 2.01. The van der Waals surface area contributed by atoms with E-state index in [1.807, 2.05) is 0 Å². The molecule has 1 aliphatic rings. The summed E-state index contributed by atoms with van der Waals surface area (Å²) in [7, 11) is 0. The number of hydrogen-bond donors (Lipinski definition) is 0. The molecule has 0 amide bonds. The molecule has 0 unspecified atom stereocenters. The van der Waals surface area contributed by atoms with Crippen molar-refractivity contribution in [1.29, 1.82) is 0 Å². The van der Waals surface area contributed by atoms with E-state index in [1.54, 1.807) is 11.3 Å². The topological polar surface area (TPSA) is 17.3 Å². The lowest BCUT2D eigenvalue weighted by Crippen LogP contribution is -2.23. The largest absolute Gasteiger partial charge is 0.318 e. The van der Waals surface area contributed by atoms with Crippen LogP contribution < -0.4 is 4.80 Å². The molecule has 3 heteroatoms. The van der Waals surface area contributed by atoms with Crippen LogP contribution in [0, 0.1) is 20.8 Å². The van der Waals surface area contributed by atoms with Crippen LogP contribution in [0.1, 0.15) is 55.0 Å². The molecule has 0 saturated heterocycles. The first kappa shape index (κ1) is 14.6. The van der Waals surface area contributed by atoms with Crippen LogP contribution in [0.4, 0.5) is 5.69 Å². The Morgan fingerprint density at radius 1 is 1.05 bits per heavy atom. The van der Waals surface area contributed by atoms with Gasteiger partial charge in [-0.15, -0.1) is 11.3 Å². The lowest BCUT2D eigenvalue weighted by molar-refractivity contribution is 0.344. The van der Waals surface area contributed by atoms with E-state index in [0.717, 1.165) is 10.5 Å². The fourth-order valence-electron chi connectivity index (χ4n) is 3.17. The summed E-state index contributed by atoms with van der Waals surface area (Å²) in [6, 6.07) is 7.13. The number of aryl methyl sites for hydroxylation is 3. The standard InChI is InChI=1S/C18H24N2S/c1-13-9-10-16(11-14(13)2)19-18-20(15(3)12-21-18)17-7-5-4-6-8-17/h9-12,17H,4-8H2,1-3H3. The first-order valence-corrected chi connectivity index (χ1v) is 8.82. The molecule has 0 bridgehead atoms. The number of thiazole rings is 1. The maximum absolute atomic E-state index is 4.92. The summed E-state index contributed by atoms with van der Waals surface area (Å²) in [4.78, 5) is 6.08. The second kappa shape index (κ2) is 6.18. The van der Waals surface area contributed by atoms with E-state index in [-0.39, 0.29) is 0 Å². The predicted octanol–water partition coefficient (Wildman–Crippen LogP) is 5.21. The molecule has 21 heavy (non-hydrogen) atoms. The Morgan fingerprint density at radius 2 is 1.81 bits per heavy atom. The third-order valence-corrected chi connectivity index (χ3v) is 5.53. The van der Waals surface area contributed by atoms with Gasteiger partial charge in [-0.2, -0.15) is 0 Å². The third kappa shape index (κ3) is 3.13. The van der Waals surface area contributed by atoms with Crippen LogP contribution in [0.5, 0.6) is 0 Å². The predicted molar refractivity (Wildman–Crippen MR) is 90.3 cm³/mol. The molecular formula is C18H24N2S.